The molecule has 0 heterocycles. The van der Waals surface area contributed by atoms with Gasteiger partial charge in [-0.2, -0.15) is 5.10 Å². The molecule has 154 valence electrons. The molecule has 3 aromatic carbocycles. The van der Waals surface area contributed by atoms with Crippen LogP contribution in [0.3, 0.4) is 0 Å². The van der Waals surface area contributed by atoms with Crippen LogP contribution in [0.15, 0.2) is 70.9 Å². The molecule has 0 aliphatic carbocycles. The summed E-state index contributed by atoms with van der Waals surface area (Å²) in [6.45, 7) is 2.13. The highest BCUT2D eigenvalue weighted by molar-refractivity contribution is 6.02. The number of amides is 1. The largest absolute Gasteiger partial charge is 0.490 e. The number of hydrogen-bond acceptors (Lipinski definition) is 5. The molecule has 0 aliphatic heterocycles. The van der Waals surface area contributed by atoms with Gasteiger partial charge < -0.3 is 26.3 Å². The van der Waals surface area contributed by atoms with Crippen LogP contribution in [0.25, 0.3) is 10.8 Å². The van der Waals surface area contributed by atoms with Crippen LogP contribution in [-0.4, -0.2) is 31.3 Å². The van der Waals surface area contributed by atoms with Crippen molar-refractivity contribution in [2.75, 3.05) is 18.5 Å². The maximum absolute atomic E-state index is 12.4. The summed E-state index contributed by atoms with van der Waals surface area (Å²) in [5.41, 5.74) is 11.9. The molecule has 0 saturated carbocycles. The van der Waals surface area contributed by atoms with Gasteiger partial charge in [0.1, 0.15) is 0 Å². The van der Waals surface area contributed by atoms with Crippen LogP contribution in [0.4, 0.5) is 5.69 Å². The molecule has 0 aliphatic rings. The zero-order chi connectivity index (χ0) is 21.3. The highest BCUT2D eigenvalue weighted by Gasteiger charge is 2.10. The minimum atomic E-state index is -0.271. The second-order valence-corrected chi connectivity index (χ2v) is 6.27. The van der Waals surface area contributed by atoms with Crippen LogP contribution in [0, 0.1) is 0 Å². The fourth-order valence-electron chi connectivity index (χ4n) is 2.82. The number of carbonyl (C=O) groups is 1. The third-order valence-corrected chi connectivity index (χ3v) is 4.07. The fraction of sp³-hybridized carbons (Fsp3) is 0.136. The quantitative estimate of drug-likeness (QED) is 0.302. The molecule has 0 spiro atoms. The van der Waals surface area contributed by atoms with Crippen molar-refractivity contribution in [2.45, 2.75) is 6.92 Å². The van der Waals surface area contributed by atoms with Crippen LogP contribution < -0.4 is 26.3 Å². The smallest absolute Gasteiger partial charge is 0.262 e. The lowest BCUT2D eigenvalue weighted by Gasteiger charge is -2.13. The first kappa shape index (κ1) is 20.7. The van der Waals surface area contributed by atoms with Gasteiger partial charge in [-0.3, -0.25) is 4.79 Å². The number of anilines is 1. The van der Waals surface area contributed by atoms with E-state index in [0.717, 1.165) is 22.0 Å². The van der Waals surface area contributed by atoms with Gasteiger partial charge >= 0.3 is 0 Å². The van der Waals surface area contributed by atoms with E-state index >= 15 is 0 Å². The maximum Gasteiger partial charge on any atom is 0.262 e. The van der Waals surface area contributed by atoms with E-state index < -0.39 is 0 Å². The molecule has 0 unspecified atom stereocenters. The van der Waals surface area contributed by atoms with E-state index in [9.17, 15) is 4.79 Å². The Balaban J connectivity index is 1.68. The van der Waals surface area contributed by atoms with Crippen LogP contribution in [0.5, 0.6) is 11.5 Å². The maximum atomic E-state index is 12.4. The first-order chi connectivity index (χ1) is 14.6. The van der Waals surface area contributed by atoms with E-state index in [-0.39, 0.29) is 18.5 Å². The summed E-state index contributed by atoms with van der Waals surface area (Å²) >= 11 is 0. The molecule has 0 fully saturated rings. The third kappa shape index (κ3) is 5.48. The van der Waals surface area contributed by atoms with E-state index in [4.69, 9.17) is 20.9 Å². The van der Waals surface area contributed by atoms with Crippen LogP contribution in [0.2, 0.25) is 0 Å². The molecule has 0 saturated heterocycles. The Hall–Kier alpha value is -4.07. The Morgan fingerprint density at radius 3 is 2.63 bits per heavy atom. The predicted molar refractivity (Wildman–Crippen MR) is 119 cm³/mol. The zero-order valence-corrected chi connectivity index (χ0v) is 16.5. The molecule has 8 heteroatoms. The van der Waals surface area contributed by atoms with E-state index in [1.54, 1.807) is 18.2 Å². The van der Waals surface area contributed by atoms with Crippen molar-refractivity contribution >= 4 is 34.5 Å². The molecule has 1 amide bonds. The number of nitrogens with two attached hydrogens (primary N) is 2. The second-order valence-electron chi connectivity index (χ2n) is 6.27. The number of rotatable bonds is 8. The van der Waals surface area contributed by atoms with Crippen LogP contribution in [0.1, 0.15) is 12.5 Å². The van der Waals surface area contributed by atoms with Gasteiger partial charge in [0.2, 0.25) is 5.96 Å². The summed E-state index contributed by atoms with van der Waals surface area (Å²) < 4.78 is 11.3. The molecule has 5 N–H and O–H groups in total. The van der Waals surface area contributed by atoms with Gasteiger partial charge in [0, 0.05) is 11.1 Å². The highest BCUT2D eigenvalue weighted by atomic mass is 16.5. The molecule has 0 atom stereocenters. The Morgan fingerprint density at radius 1 is 1.03 bits per heavy atom. The summed E-state index contributed by atoms with van der Waals surface area (Å²) in [7, 11) is 0. The molecule has 8 nitrogen and oxygen atoms in total. The van der Waals surface area contributed by atoms with Gasteiger partial charge in [0.05, 0.1) is 12.8 Å². The number of nitrogens with zero attached hydrogens (tertiary/aromatic N) is 2. The second kappa shape index (κ2) is 9.92. The number of hydrogen-bond donors (Lipinski definition) is 3. The first-order valence-electron chi connectivity index (χ1n) is 9.36. The van der Waals surface area contributed by atoms with Gasteiger partial charge in [-0.25, -0.2) is 0 Å². The van der Waals surface area contributed by atoms with Crippen molar-refractivity contribution in [3.8, 4) is 11.5 Å². The molecule has 0 aromatic heterocycles. The minimum Gasteiger partial charge on any atom is -0.490 e. The lowest BCUT2D eigenvalue weighted by molar-refractivity contribution is -0.118. The normalized spacial score (nSPS) is 10.7. The van der Waals surface area contributed by atoms with Crippen LogP contribution >= 0.6 is 0 Å². The summed E-state index contributed by atoms with van der Waals surface area (Å²) in [6.07, 6.45) is 1.49. The highest BCUT2D eigenvalue weighted by Crippen LogP contribution is 2.28. The van der Waals surface area contributed by atoms with E-state index in [2.05, 4.69) is 15.5 Å². The van der Waals surface area contributed by atoms with Crippen molar-refractivity contribution in [3.63, 3.8) is 0 Å². The molecule has 3 rings (SSSR count). The number of carbonyl (C=O) groups excluding carboxylic acids is 1. The molecule has 0 radical (unpaired) electrons. The van der Waals surface area contributed by atoms with Crippen molar-refractivity contribution in [1.29, 1.82) is 0 Å². The Bertz CT molecular complexity index is 1090. The first-order valence-corrected chi connectivity index (χ1v) is 9.36. The van der Waals surface area contributed by atoms with Gasteiger partial charge in [-0.1, -0.05) is 36.4 Å². The lowest BCUT2D eigenvalue weighted by Crippen LogP contribution is -2.21. The van der Waals surface area contributed by atoms with Crippen LogP contribution in [-0.2, 0) is 4.79 Å². The van der Waals surface area contributed by atoms with Gasteiger partial charge in [-0.15, -0.1) is 5.10 Å². The van der Waals surface area contributed by atoms with E-state index in [1.807, 2.05) is 49.4 Å². The predicted octanol–water partition coefficient (Wildman–Crippen LogP) is 2.86. The SMILES string of the molecule is CCOc1cc(C=NN=C(N)N)ccc1OCC(=O)Nc1cccc2ccccc12. The number of ether oxygens (including phenoxy) is 2. The average molecular weight is 405 g/mol. The van der Waals surface area contributed by atoms with Gasteiger partial charge in [0.25, 0.3) is 5.91 Å². The van der Waals surface area contributed by atoms with Crippen molar-refractivity contribution in [2.24, 2.45) is 21.7 Å². The number of guanidine groups is 1. The molecular weight excluding hydrogens is 382 g/mol. The Kier molecular flexibility index (Phi) is 6.83. The summed E-state index contributed by atoms with van der Waals surface area (Å²) in [4.78, 5) is 12.4. The zero-order valence-electron chi connectivity index (χ0n) is 16.5. The monoisotopic (exact) mass is 405 g/mol. The molecular formula is C22H23N5O3. The number of benzene rings is 3. The van der Waals surface area contributed by atoms with Crippen molar-refractivity contribution in [1.82, 2.24) is 0 Å². The minimum absolute atomic E-state index is 0.131. The Morgan fingerprint density at radius 2 is 1.83 bits per heavy atom. The van der Waals surface area contributed by atoms with E-state index in [0.29, 0.717) is 18.1 Å². The molecule has 0 bridgehead atoms. The summed E-state index contributed by atoms with van der Waals surface area (Å²) in [5, 5.41) is 12.2. The summed E-state index contributed by atoms with van der Waals surface area (Å²) in [5.74, 6) is 0.536. The summed E-state index contributed by atoms with van der Waals surface area (Å²) in [6, 6.07) is 18.8. The lowest BCUT2D eigenvalue weighted by atomic mass is 10.1. The topological polar surface area (TPSA) is 124 Å². The Labute approximate surface area is 174 Å². The standard InChI is InChI=1S/C22H23N5O3/c1-2-29-20-12-15(13-25-27-22(23)24)10-11-19(20)30-14-21(28)26-18-9-5-7-16-6-3-4-8-17(16)18/h3-13H,2,14H2,1H3,(H,26,28)(H4,23,24,27). The van der Waals surface area contributed by atoms with Gasteiger partial charge in [-0.05, 0) is 42.1 Å². The van der Waals surface area contributed by atoms with Gasteiger partial charge in [0.15, 0.2) is 18.1 Å². The fourth-order valence-corrected chi connectivity index (χ4v) is 2.82. The number of fused-ring (bicyclic) bond motifs is 1. The molecule has 3 aromatic rings. The number of nitrogens with one attached hydrogen (secondary N) is 1. The third-order valence-electron chi connectivity index (χ3n) is 4.07. The van der Waals surface area contributed by atoms with Crippen molar-refractivity contribution < 1.29 is 14.3 Å². The van der Waals surface area contributed by atoms with Crippen molar-refractivity contribution in [3.05, 3.63) is 66.2 Å². The average Bonchev–Trinajstić information content (AvgIpc) is 2.73. The molecule has 30 heavy (non-hydrogen) atoms. The van der Waals surface area contributed by atoms with E-state index in [1.165, 1.54) is 6.21 Å².